The Bertz CT molecular complexity index is 847. The van der Waals surface area contributed by atoms with Gasteiger partial charge in [0.15, 0.2) is 0 Å². The molecular weight excluding hydrogens is 391 g/mol. The Morgan fingerprint density at radius 2 is 1.83 bits per heavy atom. The minimum Gasteiger partial charge on any atom is -0.336 e. The van der Waals surface area contributed by atoms with E-state index < -0.39 is 6.03 Å². The third-order valence-electron chi connectivity index (χ3n) is 4.66. The summed E-state index contributed by atoms with van der Waals surface area (Å²) in [6, 6.07) is 10.3. The van der Waals surface area contributed by atoms with Gasteiger partial charge < -0.3 is 5.32 Å². The molecule has 6 nitrogen and oxygen atoms in total. The average Bonchev–Trinajstić information content (AvgIpc) is 3.11. The molecule has 29 heavy (non-hydrogen) atoms. The number of hydrogen-bond acceptors (Lipinski definition) is 5. The molecule has 2 heterocycles. The Balaban J connectivity index is 1.43. The summed E-state index contributed by atoms with van der Waals surface area (Å²) in [6.45, 7) is 8.04. The van der Waals surface area contributed by atoms with Crippen LogP contribution in [-0.2, 0) is 11.3 Å². The summed E-state index contributed by atoms with van der Waals surface area (Å²) in [6.07, 6.45) is 0. The molecule has 3 rings (SSSR count). The van der Waals surface area contributed by atoms with Crippen molar-refractivity contribution in [1.82, 2.24) is 20.4 Å². The Morgan fingerprint density at radius 1 is 1.10 bits per heavy atom. The van der Waals surface area contributed by atoms with Gasteiger partial charge in [-0.25, -0.2) is 9.18 Å². The molecule has 2 N–H and O–H groups in total. The van der Waals surface area contributed by atoms with Crippen molar-refractivity contribution in [3.63, 3.8) is 0 Å². The molecule has 0 atom stereocenters. The zero-order valence-electron chi connectivity index (χ0n) is 16.8. The molecule has 2 aromatic rings. The van der Waals surface area contributed by atoms with E-state index in [-0.39, 0.29) is 24.3 Å². The van der Waals surface area contributed by atoms with Crippen molar-refractivity contribution in [2.24, 2.45) is 0 Å². The summed E-state index contributed by atoms with van der Waals surface area (Å²) in [5, 5.41) is 5.01. The lowest BCUT2D eigenvalue weighted by Crippen LogP contribution is -2.51. The minimum absolute atomic E-state index is 0.00923. The van der Waals surface area contributed by atoms with Gasteiger partial charge in [-0.05, 0) is 43.7 Å². The number of rotatable bonds is 6. The first-order valence-electron chi connectivity index (χ1n) is 9.79. The number of nitrogens with one attached hydrogen (secondary N) is 2. The van der Waals surface area contributed by atoms with Crippen LogP contribution in [0.15, 0.2) is 36.4 Å². The van der Waals surface area contributed by atoms with Gasteiger partial charge in [0, 0.05) is 48.5 Å². The quantitative estimate of drug-likeness (QED) is 0.757. The van der Waals surface area contributed by atoms with Crippen molar-refractivity contribution in [1.29, 1.82) is 0 Å². The van der Waals surface area contributed by atoms with Gasteiger partial charge in [0.05, 0.1) is 6.54 Å². The maximum absolute atomic E-state index is 13.4. The first kappa shape index (κ1) is 21.4. The Kier molecular flexibility index (Phi) is 7.35. The van der Waals surface area contributed by atoms with Crippen molar-refractivity contribution < 1.29 is 14.0 Å². The number of benzene rings is 1. The normalized spacial score (nSPS) is 15.4. The van der Waals surface area contributed by atoms with Gasteiger partial charge in [0.2, 0.25) is 5.91 Å². The largest absolute Gasteiger partial charge is 0.336 e. The predicted molar refractivity (Wildman–Crippen MR) is 113 cm³/mol. The number of piperazine rings is 1. The van der Waals surface area contributed by atoms with Gasteiger partial charge in [0.1, 0.15) is 5.82 Å². The van der Waals surface area contributed by atoms with E-state index in [0.29, 0.717) is 0 Å². The molecule has 1 fully saturated rings. The van der Waals surface area contributed by atoms with Crippen molar-refractivity contribution in [2.75, 3.05) is 32.7 Å². The summed E-state index contributed by atoms with van der Waals surface area (Å²) in [4.78, 5) is 30.3. The van der Waals surface area contributed by atoms with Crippen LogP contribution >= 0.6 is 11.3 Å². The molecule has 156 valence electrons. The third-order valence-corrected chi connectivity index (χ3v) is 5.77. The SMILES string of the molecule is CC(C)NC(=O)NC(=O)CN1CCN(Cc2ccc(-c3cccc(F)c3)s2)CC1. The van der Waals surface area contributed by atoms with E-state index in [0.717, 1.165) is 43.2 Å². The number of halogens is 1. The molecule has 0 unspecified atom stereocenters. The summed E-state index contributed by atoms with van der Waals surface area (Å²) < 4.78 is 13.4. The molecule has 3 amide bonds. The highest BCUT2D eigenvalue weighted by molar-refractivity contribution is 7.15. The van der Waals surface area contributed by atoms with Crippen LogP contribution in [0.25, 0.3) is 10.4 Å². The Morgan fingerprint density at radius 3 is 2.52 bits per heavy atom. The second kappa shape index (κ2) is 9.96. The first-order valence-corrected chi connectivity index (χ1v) is 10.6. The smallest absolute Gasteiger partial charge is 0.321 e. The molecule has 0 bridgehead atoms. The van der Waals surface area contributed by atoms with Crippen LogP contribution in [0.1, 0.15) is 18.7 Å². The van der Waals surface area contributed by atoms with E-state index >= 15 is 0 Å². The van der Waals surface area contributed by atoms with Gasteiger partial charge in [-0.15, -0.1) is 11.3 Å². The van der Waals surface area contributed by atoms with Crippen LogP contribution in [0.3, 0.4) is 0 Å². The van der Waals surface area contributed by atoms with Crippen LogP contribution in [0.5, 0.6) is 0 Å². The lowest BCUT2D eigenvalue weighted by atomic mass is 10.2. The molecule has 0 aliphatic carbocycles. The second-order valence-electron chi connectivity index (χ2n) is 7.50. The van der Waals surface area contributed by atoms with E-state index in [9.17, 15) is 14.0 Å². The van der Waals surface area contributed by atoms with E-state index in [2.05, 4.69) is 26.5 Å². The lowest BCUT2D eigenvalue weighted by molar-refractivity contribution is -0.121. The Hall–Kier alpha value is -2.29. The van der Waals surface area contributed by atoms with Crippen molar-refractivity contribution in [3.05, 3.63) is 47.1 Å². The second-order valence-corrected chi connectivity index (χ2v) is 8.67. The number of thiophene rings is 1. The zero-order valence-corrected chi connectivity index (χ0v) is 17.6. The lowest BCUT2D eigenvalue weighted by Gasteiger charge is -2.33. The highest BCUT2D eigenvalue weighted by Crippen LogP contribution is 2.29. The van der Waals surface area contributed by atoms with Gasteiger partial charge in [-0.1, -0.05) is 12.1 Å². The number of nitrogens with zero attached hydrogens (tertiary/aromatic N) is 2. The van der Waals surface area contributed by atoms with E-state index in [1.807, 2.05) is 26.0 Å². The Labute approximate surface area is 174 Å². The average molecular weight is 419 g/mol. The van der Waals surface area contributed by atoms with Crippen LogP contribution in [-0.4, -0.2) is 60.5 Å². The zero-order chi connectivity index (χ0) is 20.8. The van der Waals surface area contributed by atoms with Crippen LogP contribution in [0.4, 0.5) is 9.18 Å². The van der Waals surface area contributed by atoms with Crippen molar-refractivity contribution in [2.45, 2.75) is 26.4 Å². The summed E-state index contributed by atoms with van der Waals surface area (Å²) in [7, 11) is 0. The maximum atomic E-state index is 13.4. The minimum atomic E-state index is -0.449. The predicted octanol–water partition coefficient (Wildman–Crippen LogP) is 2.91. The molecule has 1 aliphatic heterocycles. The molecule has 1 aromatic carbocycles. The van der Waals surface area contributed by atoms with Crippen LogP contribution in [0.2, 0.25) is 0 Å². The van der Waals surface area contributed by atoms with Gasteiger partial charge in [-0.2, -0.15) is 0 Å². The summed E-state index contributed by atoms with van der Waals surface area (Å²) in [5.74, 6) is -0.506. The molecule has 0 spiro atoms. The van der Waals surface area contributed by atoms with Crippen LogP contribution in [0, 0.1) is 5.82 Å². The fraction of sp³-hybridized carbons (Fsp3) is 0.429. The molecule has 1 aromatic heterocycles. The first-order chi connectivity index (χ1) is 13.9. The van der Waals surface area contributed by atoms with E-state index in [1.165, 1.54) is 10.9 Å². The maximum Gasteiger partial charge on any atom is 0.321 e. The van der Waals surface area contributed by atoms with Gasteiger partial charge in [-0.3, -0.25) is 19.9 Å². The number of urea groups is 1. The molecule has 1 saturated heterocycles. The number of hydrogen-bond donors (Lipinski definition) is 2. The van der Waals surface area contributed by atoms with Crippen molar-refractivity contribution >= 4 is 23.3 Å². The van der Waals surface area contributed by atoms with Gasteiger partial charge in [0.25, 0.3) is 0 Å². The summed E-state index contributed by atoms with van der Waals surface area (Å²) in [5.41, 5.74) is 0.901. The third kappa shape index (κ3) is 6.62. The molecule has 0 saturated carbocycles. The topological polar surface area (TPSA) is 64.7 Å². The standard InChI is InChI=1S/C21H27FN4O2S/c1-15(2)23-21(28)24-20(27)14-26-10-8-25(9-11-26)13-18-6-7-19(29-18)16-4-3-5-17(22)12-16/h3-7,12,15H,8-11,13-14H2,1-2H3,(H2,23,24,27,28). The van der Waals surface area contributed by atoms with Crippen LogP contribution < -0.4 is 10.6 Å². The summed E-state index contributed by atoms with van der Waals surface area (Å²) >= 11 is 1.68. The highest BCUT2D eigenvalue weighted by atomic mass is 32.1. The molecule has 0 radical (unpaired) electrons. The van der Waals surface area contributed by atoms with E-state index in [1.54, 1.807) is 23.5 Å². The number of imide groups is 1. The fourth-order valence-corrected chi connectivity index (χ4v) is 4.30. The number of carbonyl (C=O) groups excluding carboxylic acids is 2. The number of carbonyl (C=O) groups is 2. The fourth-order valence-electron chi connectivity index (χ4n) is 3.25. The van der Waals surface area contributed by atoms with Gasteiger partial charge >= 0.3 is 6.03 Å². The number of amides is 3. The highest BCUT2D eigenvalue weighted by Gasteiger charge is 2.20. The molecular formula is C21H27FN4O2S. The van der Waals surface area contributed by atoms with E-state index in [4.69, 9.17) is 0 Å². The molecule has 1 aliphatic rings. The molecule has 8 heteroatoms. The van der Waals surface area contributed by atoms with Crippen molar-refractivity contribution in [3.8, 4) is 10.4 Å². The monoisotopic (exact) mass is 418 g/mol.